The number of hydrogen-bond donors (Lipinski definition) is 2. The molecule has 0 saturated carbocycles. The third-order valence-corrected chi connectivity index (χ3v) is 5.51. The molecule has 3 rings (SSSR count). The van der Waals surface area contributed by atoms with E-state index in [2.05, 4.69) is 10.3 Å². The summed E-state index contributed by atoms with van der Waals surface area (Å²) in [4.78, 5) is 28.3. The summed E-state index contributed by atoms with van der Waals surface area (Å²) in [7, 11) is 1.22. The molecule has 2 aromatic rings. The zero-order chi connectivity index (χ0) is 23.1. The van der Waals surface area contributed by atoms with E-state index in [1.54, 1.807) is 13.8 Å². The average Bonchev–Trinajstić information content (AvgIpc) is 2.95. The molecule has 0 radical (unpaired) electrons. The largest absolute Gasteiger partial charge is 0.493 e. The van der Waals surface area contributed by atoms with Gasteiger partial charge in [0.05, 0.1) is 14.1 Å². The Morgan fingerprint density at radius 1 is 1.37 bits per heavy atom. The number of primary amides is 1. The smallest absolute Gasteiger partial charge is 0.267 e. The average molecular weight is 420 g/mol. The first-order valence-corrected chi connectivity index (χ1v) is 9.25. The van der Waals surface area contributed by atoms with Crippen LogP contribution in [0.15, 0.2) is 30.4 Å². The Balaban J connectivity index is 2.02. The molecule has 0 unspecified atom stereocenters. The molecule has 9 heteroatoms. The number of nitrogens with two attached hydrogens (primary N) is 1. The van der Waals surface area contributed by atoms with Crippen LogP contribution in [0, 0.1) is 17.6 Å². The summed E-state index contributed by atoms with van der Waals surface area (Å²) in [6.45, 7) is 5.42. The highest BCUT2D eigenvalue weighted by Gasteiger charge is 2.51. The van der Waals surface area contributed by atoms with E-state index in [1.165, 1.54) is 19.2 Å². The lowest BCUT2D eigenvalue weighted by Gasteiger charge is -2.25. The van der Waals surface area contributed by atoms with Crippen molar-refractivity contribution in [3.05, 3.63) is 53.3 Å². The van der Waals surface area contributed by atoms with Gasteiger partial charge in [0.15, 0.2) is 11.6 Å². The number of nitrogens with one attached hydrogen (secondary N) is 1. The standard InChI is InChI=1S/C21H23F2N3O4/c1-10-15(12-5-6-13(22)16(23)17(12)29-4)18(30-21(10,2)3)20(28)26-11-7-8-25-14(9-11)19(24)27/h5-10,15,18H,1-4H3,(H2,24,27)(H,25,26,28)/t10-,15-,18+/m0/s1/i7D. The number of anilines is 1. The van der Waals surface area contributed by atoms with Gasteiger partial charge in [0.2, 0.25) is 5.82 Å². The van der Waals surface area contributed by atoms with Crippen molar-refractivity contribution in [3.8, 4) is 5.75 Å². The van der Waals surface area contributed by atoms with Gasteiger partial charge in [-0.3, -0.25) is 14.6 Å². The lowest BCUT2D eigenvalue weighted by molar-refractivity contribution is -0.131. The van der Waals surface area contributed by atoms with Crippen molar-refractivity contribution in [1.82, 2.24) is 4.98 Å². The van der Waals surface area contributed by atoms with Crippen LogP contribution in [0.2, 0.25) is 0 Å². The highest BCUT2D eigenvalue weighted by Crippen LogP contribution is 2.49. The van der Waals surface area contributed by atoms with Crippen molar-refractivity contribution in [2.24, 2.45) is 11.7 Å². The van der Waals surface area contributed by atoms with E-state index in [1.807, 2.05) is 6.92 Å². The number of benzene rings is 1. The van der Waals surface area contributed by atoms with Gasteiger partial charge in [-0.2, -0.15) is 4.39 Å². The molecule has 1 aliphatic rings. The van der Waals surface area contributed by atoms with Crippen LogP contribution in [0.25, 0.3) is 0 Å². The molecule has 7 nitrogen and oxygen atoms in total. The van der Waals surface area contributed by atoms with Crippen molar-refractivity contribution in [2.45, 2.75) is 38.4 Å². The lowest BCUT2D eigenvalue weighted by Crippen LogP contribution is -2.33. The van der Waals surface area contributed by atoms with E-state index in [9.17, 15) is 18.4 Å². The van der Waals surface area contributed by atoms with Crippen molar-refractivity contribution in [2.75, 3.05) is 12.4 Å². The summed E-state index contributed by atoms with van der Waals surface area (Å²) >= 11 is 0. The topological polar surface area (TPSA) is 104 Å². The minimum Gasteiger partial charge on any atom is -0.493 e. The summed E-state index contributed by atoms with van der Waals surface area (Å²) < 4.78 is 47.1. The highest BCUT2D eigenvalue weighted by atomic mass is 19.2. The molecule has 3 N–H and O–H groups in total. The van der Waals surface area contributed by atoms with Gasteiger partial charge >= 0.3 is 0 Å². The van der Waals surface area contributed by atoms with Gasteiger partial charge in [0.25, 0.3) is 11.8 Å². The van der Waals surface area contributed by atoms with E-state index in [0.29, 0.717) is 5.56 Å². The van der Waals surface area contributed by atoms with Gasteiger partial charge in [-0.1, -0.05) is 13.0 Å². The number of halogens is 2. The van der Waals surface area contributed by atoms with Gasteiger partial charge in [0, 0.05) is 23.4 Å². The monoisotopic (exact) mass is 420 g/mol. The van der Waals surface area contributed by atoms with Crippen molar-refractivity contribution in [3.63, 3.8) is 0 Å². The summed E-state index contributed by atoms with van der Waals surface area (Å²) in [5.41, 5.74) is 4.63. The van der Waals surface area contributed by atoms with Crippen LogP contribution in [0.4, 0.5) is 14.5 Å². The van der Waals surface area contributed by atoms with Gasteiger partial charge in [-0.25, -0.2) is 4.39 Å². The number of rotatable bonds is 5. The quantitative estimate of drug-likeness (QED) is 0.774. The molecule has 1 aromatic heterocycles. The minimum absolute atomic E-state index is 0.0192. The SMILES string of the molecule is [2H]c1cnc(C(N)=O)cc1NC(=O)[C@@H]1OC(C)(C)[C@@H](C)[C@H]1c1ccc(F)c(F)c1OC. The van der Waals surface area contributed by atoms with E-state index >= 15 is 0 Å². The molecule has 160 valence electrons. The highest BCUT2D eigenvalue weighted by molar-refractivity contribution is 5.97. The predicted octanol–water partition coefficient (Wildman–Crippen LogP) is 3.00. The number of pyridine rings is 1. The molecule has 1 aliphatic heterocycles. The Morgan fingerprint density at radius 3 is 2.70 bits per heavy atom. The van der Waals surface area contributed by atoms with Crippen molar-refractivity contribution >= 4 is 17.5 Å². The fourth-order valence-electron chi connectivity index (χ4n) is 3.67. The molecular weight excluding hydrogens is 396 g/mol. The maximum atomic E-state index is 14.4. The van der Waals surface area contributed by atoms with E-state index in [-0.39, 0.29) is 29.1 Å². The molecule has 2 amide bonds. The summed E-state index contributed by atoms with van der Waals surface area (Å²) in [6.07, 6.45) is -0.0125. The molecule has 1 aromatic carbocycles. The van der Waals surface area contributed by atoms with E-state index in [0.717, 1.165) is 12.3 Å². The third-order valence-electron chi connectivity index (χ3n) is 5.51. The van der Waals surface area contributed by atoms with Crippen molar-refractivity contribution < 1.29 is 29.2 Å². The Labute approximate surface area is 174 Å². The maximum absolute atomic E-state index is 14.4. The predicted molar refractivity (Wildman–Crippen MR) is 105 cm³/mol. The lowest BCUT2D eigenvalue weighted by atomic mass is 9.78. The molecule has 0 bridgehead atoms. The first kappa shape index (κ1) is 20.2. The Morgan fingerprint density at radius 2 is 2.07 bits per heavy atom. The number of hydrogen-bond acceptors (Lipinski definition) is 5. The summed E-state index contributed by atoms with van der Waals surface area (Å²) in [6, 6.07) is 3.41. The fourth-order valence-corrected chi connectivity index (χ4v) is 3.67. The van der Waals surface area contributed by atoms with Crippen LogP contribution < -0.4 is 15.8 Å². The van der Waals surface area contributed by atoms with Crippen molar-refractivity contribution in [1.29, 1.82) is 0 Å². The number of nitrogens with zero attached hydrogens (tertiary/aromatic N) is 1. The Hall–Kier alpha value is -3.07. The van der Waals surface area contributed by atoms with E-state index in [4.69, 9.17) is 16.6 Å². The molecule has 0 aliphatic carbocycles. The van der Waals surface area contributed by atoms with Gasteiger partial charge < -0.3 is 20.5 Å². The van der Waals surface area contributed by atoms with Gasteiger partial charge in [0.1, 0.15) is 11.8 Å². The van der Waals surface area contributed by atoms with Crippen LogP contribution in [0.3, 0.4) is 0 Å². The normalized spacial score (nSPS) is 23.0. The van der Waals surface area contributed by atoms with Gasteiger partial charge in [-0.15, -0.1) is 0 Å². The zero-order valence-electron chi connectivity index (χ0n) is 18.0. The molecule has 2 heterocycles. The summed E-state index contributed by atoms with van der Waals surface area (Å²) in [5.74, 6) is -4.90. The number of ether oxygens (including phenoxy) is 2. The summed E-state index contributed by atoms with van der Waals surface area (Å²) in [5, 5.41) is 2.56. The number of amides is 2. The number of methoxy groups -OCH3 is 1. The number of carbonyl (C=O) groups excluding carboxylic acids is 2. The molecular formula is C21H23F2N3O4. The number of aromatic nitrogens is 1. The Bertz CT molecular complexity index is 1050. The first-order valence-electron chi connectivity index (χ1n) is 9.75. The maximum Gasteiger partial charge on any atom is 0.267 e. The van der Waals surface area contributed by atoms with Crippen LogP contribution in [-0.4, -0.2) is 35.6 Å². The third kappa shape index (κ3) is 3.85. The Kier molecular flexibility index (Phi) is 5.38. The molecule has 1 saturated heterocycles. The molecule has 3 atom stereocenters. The fraction of sp³-hybridized carbons (Fsp3) is 0.381. The minimum atomic E-state index is -1.15. The van der Waals surface area contributed by atoms with Gasteiger partial charge in [-0.05, 0) is 37.9 Å². The second kappa shape index (κ2) is 7.98. The van der Waals surface area contributed by atoms with Crippen LogP contribution in [0.1, 0.15) is 44.1 Å². The second-order valence-corrected chi connectivity index (χ2v) is 7.64. The molecule has 30 heavy (non-hydrogen) atoms. The molecule has 0 spiro atoms. The van der Waals surface area contributed by atoms with Crippen LogP contribution in [-0.2, 0) is 9.53 Å². The second-order valence-electron chi connectivity index (χ2n) is 7.64. The van der Waals surface area contributed by atoms with Crippen LogP contribution in [0.5, 0.6) is 5.75 Å². The van der Waals surface area contributed by atoms with Crippen LogP contribution >= 0.6 is 0 Å². The first-order chi connectivity index (χ1) is 14.5. The number of carbonyl (C=O) groups is 2. The zero-order valence-corrected chi connectivity index (χ0v) is 17.0. The van der Waals surface area contributed by atoms with E-state index < -0.39 is 41.1 Å². The molecule has 1 fully saturated rings.